The average Bonchev–Trinajstić information content (AvgIpc) is 3.45. The number of para-hydroxylation sites is 1. The van der Waals surface area contributed by atoms with Crippen LogP contribution in [0.15, 0.2) is 72.9 Å². The first kappa shape index (κ1) is 21.4. The number of nitrogens with two attached hydrogens (primary N) is 1. The molecule has 0 radical (unpaired) electrons. The quantitative estimate of drug-likeness (QED) is 0.412. The molecule has 1 aliphatic rings. The van der Waals surface area contributed by atoms with E-state index in [1.165, 1.54) is 10.9 Å². The van der Waals surface area contributed by atoms with Crippen molar-refractivity contribution in [2.24, 2.45) is 0 Å². The van der Waals surface area contributed by atoms with Crippen molar-refractivity contribution in [1.82, 2.24) is 15.1 Å². The van der Waals surface area contributed by atoms with Crippen molar-refractivity contribution in [1.29, 1.82) is 0 Å². The molecule has 0 fully saturated rings. The minimum absolute atomic E-state index is 0.247. The number of fused-ring (bicyclic) bond motifs is 1. The Kier molecular flexibility index (Phi) is 5.70. The van der Waals surface area contributed by atoms with Gasteiger partial charge in [0.1, 0.15) is 17.1 Å². The summed E-state index contributed by atoms with van der Waals surface area (Å²) in [6.45, 7) is 0.642. The van der Waals surface area contributed by atoms with E-state index in [1.807, 2.05) is 48.5 Å². The van der Waals surface area contributed by atoms with Gasteiger partial charge in [-0.3, -0.25) is 4.79 Å². The summed E-state index contributed by atoms with van der Waals surface area (Å²) < 4.78 is 7.16. The number of carbonyl (C=O) groups excluding carboxylic acids is 1. The Bertz CT molecular complexity index is 1340. The van der Waals surface area contributed by atoms with Crippen LogP contribution in [0.25, 0.3) is 5.69 Å². The van der Waals surface area contributed by atoms with Gasteiger partial charge in [0, 0.05) is 16.5 Å². The van der Waals surface area contributed by atoms with E-state index in [4.69, 9.17) is 33.7 Å². The zero-order chi connectivity index (χ0) is 22.9. The molecule has 1 atom stereocenters. The molecular formula is C25H20Cl2N4O2. The number of halogens is 2. The fourth-order valence-corrected chi connectivity index (χ4v) is 4.39. The topological polar surface area (TPSA) is 82.2 Å². The molecule has 166 valence electrons. The summed E-state index contributed by atoms with van der Waals surface area (Å²) in [6.07, 6.45) is 2.27. The molecule has 0 aliphatic carbocycles. The molecule has 8 heteroatoms. The van der Waals surface area contributed by atoms with Gasteiger partial charge in [0.15, 0.2) is 0 Å². The molecule has 1 aliphatic heterocycles. The Morgan fingerprint density at radius 3 is 2.73 bits per heavy atom. The molecule has 0 bridgehead atoms. The molecular weight excluding hydrogens is 459 g/mol. The number of anilines is 1. The lowest BCUT2D eigenvalue weighted by Crippen LogP contribution is -2.30. The van der Waals surface area contributed by atoms with Gasteiger partial charge in [0.2, 0.25) is 0 Å². The number of amides is 1. The van der Waals surface area contributed by atoms with Crippen LogP contribution in [0.1, 0.15) is 33.1 Å². The summed E-state index contributed by atoms with van der Waals surface area (Å²) in [5.41, 5.74) is 9.97. The number of nitrogen functional groups attached to an aromatic ring is 1. The predicted octanol–water partition coefficient (Wildman–Crippen LogP) is 5.22. The summed E-state index contributed by atoms with van der Waals surface area (Å²) in [5.74, 6) is 0.735. The standard InChI is InChI=1S/C25H20Cl2N4O2/c26-17-7-8-21(27)19(13-17)23(16-6-9-22-15(12-16)10-11-33-22)30-25(32)20-14-29-31(24(20)28)18-4-2-1-3-5-18/h1-9,12-14,23H,10-11,28H2,(H,30,32). The van der Waals surface area contributed by atoms with E-state index in [1.54, 1.807) is 18.2 Å². The molecule has 1 unspecified atom stereocenters. The van der Waals surface area contributed by atoms with Crippen LogP contribution in [0, 0.1) is 0 Å². The molecule has 4 aromatic rings. The fourth-order valence-electron chi connectivity index (χ4n) is 3.98. The molecule has 2 heterocycles. The van der Waals surface area contributed by atoms with Crippen LogP contribution in [0.3, 0.4) is 0 Å². The maximum absolute atomic E-state index is 13.4. The highest BCUT2D eigenvalue weighted by Crippen LogP contribution is 2.35. The highest BCUT2D eigenvalue weighted by atomic mass is 35.5. The average molecular weight is 479 g/mol. The number of carbonyl (C=O) groups is 1. The minimum Gasteiger partial charge on any atom is -0.493 e. The van der Waals surface area contributed by atoms with Gasteiger partial charge in [0.25, 0.3) is 5.91 Å². The second-order valence-electron chi connectivity index (χ2n) is 7.73. The molecule has 5 rings (SSSR count). The number of hydrogen-bond donors (Lipinski definition) is 2. The number of ether oxygens (including phenoxy) is 1. The Morgan fingerprint density at radius 2 is 1.91 bits per heavy atom. The lowest BCUT2D eigenvalue weighted by molar-refractivity contribution is 0.0944. The van der Waals surface area contributed by atoms with E-state index in [0.717, 1.165) is 29.0 Å². The van der Waals surface area contributed by atoms with Crippen molar-refractivity contribution < 1.29 is 9.53 Å². The van der Waals surface area contributed by atoms with Crippen molar-refractivity contribution in [2.75, 3.05) is 12.3 Å². The van der Waals surface area contributed by atoms with E-state index in [2.05, 4.69) is 10.4 Å². The predicted molar refractivity (Wildman–Crippen MR) is 129 cm³/mol. The van der Waals surface area contributed by atoms with Gasteiger partial charge in [-0.25, -0.2) is 4.68 Å². The summed E-state index contributed by atoms with van der Waals surface area (Å²) in [7, 11) is 0. The molecule has 3 N–H and O–H groups in total. The fraction of sp³-hybridized carbons (Fsp3) is 0.120. The first-order valence-electron chi connectivity index (χ1n) is 10.4. The van der Waals surface area contributed by atoms with Crippen molar-refractivity contribution >= 4 is 34.9 Å². The van der Waals surface area contributed by atoms with E-state index < -0.39 is 6.04 Å². The number of nitrogens with one attached hydrogen (secondary N) is 1. The molecule has 0 saturated heterocycles. The van der Waals surface area contributed by atoms with E-state index >= 15 is 0 Å². The highest BCUT2D eigenvalue weighted by Gasteiger charge is 2.25. The maximum Gasteiger partial charge on any atom is 0.257 e. The SMILES string of the molecule is Nc1c(C(=O)NC(c2ccc3c(c2)CCO3)c2cc(Cl)ccc2Cl)cnn1-c1ccccc1. The monoisotopic (exact) mass is 478 g/mol. The Hall–Kier alpha value is -3.48. The first-order chi connectivity index (χ1) is 16.0. The van der Waals surface area contributed by atoms with Crippen LogP contribution in [0.4, 0.5) is 5.82 Å². The number of aromatic nitrogens is 2. The van der Waals surface area contributed by atoms with Gasteiger partial charge in [-0.15, -0.1) is 0 Å². The smallest absolute Gasteiger partial charge is 0.257 e. The van der Waals surface area contributed by atoms with Gasteiger partial charge >= 0.3 is 0 Å². The third-order valence-corrected chi connectivity index (χ3v) is 6.22. The molecule has 6 nitrogen and oxygen atoms in total. The van der Waals surface area contributed by atoms with Crippen LogP contribution in [0.2, 0.25) is 10.0 Å². The minimum atomic E-state index is -0.547. The van der Waals surface area contributed by atoms with Gasteiger partial charge in [-0.1, -0.05) is 47.5 Å². The second kappa shape index (κ2) is 8.81. The van der Waals surface area contributed by atoms with E-state index in [9.17, 15) is 4.79 Å². The molecule has 33 heavy (non-hydrogen) atoms. The highest BCUT2D eigenvalue weighted by molar-refractivity contribution is 6.33. The third-order valence-electron chi connectivity index (χ3n) is 5.64. The zero-order valence-electron chi connectivity index (χ0n) is 17.5. The van der Waals surface area contributed by atoms with Gasteiger partial charge in [-0.05, 0) is 59.2 Å². The summed E-state index contributed by atoms with van der Waals surface area (Å²) in [6, 6.07) is 19.9. The Balaban J connectivity index is 1.52. The summed E-state index contributed by atoms with van der Waals surface area (Å²) >= 11 is 12.8. The normalized spacial score (nSPS) is 13.3. The number of nitrogens with zero attached hydrogens (tertiary/aromatic N) is 2. The lowest BCUT2D eigenvalue weighted by atomic mass is 9.96. The molecule has 0 saturated carbocycles. The van der Waals surface area contributed by atoms with Crippen LogP contribution < -0.4 is 15.8 Å². The van der Waals surface area contributed by atoms with Crippen LogP contribution >= 0.6 is 23.2 Å². The summed E-state index contributed by atoms with van der Waals surface area (Å²) in [5, 5.41) is 8.40. The largest absolute Gasteiger partial charge is 0.493 e. The van der Waals surface area contributed by atoms with Gasteiger partial charge in [-0.2, -0.15) is 5.10 Å². The van der Waals surface area contributed by atoms with Crippen molar-refractivity contribution in [2.45, 2.75) is 12.5 Å². The van der Waals surface area contributed by atoms with Crippen molar-refractivity contribution in [3.8, 4) is 11.4 Å². The number of rotatable bonds is 5. The molecule has 1 amide bonds. The Morgan fingerprint density at radius 1 is 1.09 bits per heavy atom. The van der Waals surface area contributed by atoms with E-state index in [-0.39, 0.29) is 17.3 Å². The third kappa shape index (κ3) is 4.15. The number of hydrogen-bond acceptors (Lipinski definition) is 4. The van der Waals surface area contributed by atoms with Crippen LogP contribution in [-0.2, 0) is 6.42 Å². The molecule has 3 aromatic carbocycles. The summed E-state index contributed by atoms with van der Waals surface area (Å²) in [4.78, 5) is 13.4. The van der Waals surface area contributed by atoms with Gasteiger partial charge in [0.05, 0.1) is 24.5 Å². The molecule has 1 aromatic heterocycles. The second-order valence-corrected chi connectivity index (χ2v) is 8.57. The first-order valence-corrected chi connectivity index (χ1v) is 11.2. The maximum atomic E-state index is 13.4. The lowest BCUT2D eigenvalue weighted by Gasteiger charge is -2.22. The van der Waals surface area contributed by atoms with Crippen molar-refractivity contribution in [3.05, 3.63) is 105 Å². The molecule has 0 spiro atoms. The van der Waals surface area contributed by atoms with Gasteiger partial charge < -0.3 is 15.8 Å². The number of benzene rings is 3. The Labute approximate surface area is 200 Å². The van der Waals surface area contributed by atoms with Crippen molar-refractivity contribution in [3.63, 3.8) is 0 Å². The van der Waals surface area contributed by atoms with Crippen LogP contribution in [0.5, 0.6) is 5.75 Å². The zero-order valence-corrected chi connectivity index (χ0v) is 19.0. The van der Waals surface area contributed by atoms with Crippen LogP contribution in [-0.4, -0.2) is 22.3 Å². The van der Waals surface area contributed by atoms with E-state index in [0.29, 0.717) is 22.2 Å².